The number of oxazole rings is 1. The van der Waals surface area contributed by atoms with Crippen molar-refractivity contribution in [2.45, 2.75) is 95.0 Å². The summed E-state index contributed by atoms with van der Waals surface area (Å²) < 4.78 is 23.0. The fraction of sp³-hybridized carbons (Fsp3) is 0.615. The van der Waals surface area contributed by atoms with Crippen LogP contribution in [-0.2, 0) is 14.3 Å². The number of hydrogen-bond acceptors (Lipinski definition) is 9. The summed E-state index contributed by atoms with van der Waals surface area (Å²) in [5, 5.41) is 0. The maximum atomic E-state index is 15.0. The minimum absolute atomic E-state index is 0.159. The zero-order valence-electron chi connectivity index (χ0n) is 29.4. The molecule has 5 aliphatic rings. The van der Waals surface area contributed by atoms with Crippen LogP contribution in [-0.4, -0.2) is 77.4 Å². The van der Waals surface area contributed by atoms with Crippen LogP contribution in [0.1, 0.15) is 99.7 Å². The van der Waals surface area contributed by atoms with Crippen LogP contribution in [0, 0.1) is 24.7 Å². The lowest BCUT2D eigenvalue weighted by Crippen LogP contribution is -2.60. The number of aryl methyl sites for hydroxylation is 1. The van der Waals surface area contributed by atoms with Gasteiger partial charge in [-0.25, -0.2) is 14.8 Å². The van der Waals surface area contributed by atoms with E-state index in [1.54, 1.807) is 24.5 Å². The van der Waals surface area contributed by atoms with E-state index in [-0.39, 0.29) is 17.9 Å². The number of carbonyl (C=O) groups is 2. The molecule has 0 N–H and O–H groups in total. The Morgan fingerprint density at radius 2 is 1.72 bits per heavy atom. The van der Waals surface area contributed by atoms with Gasteiger partial charge in [-0.1, -0.05) is 6.42 Å². The molecule has 0 spiro atoms. The third-order valence-corrected chi connectivity index (χ3v) is 11.8. The van der Waals surface area contributed by atoms with Crippen molar-refractivity contribution in [3.8, 4) is 17.0 Å². The van der Waals surface area contributed by atoms with Gasteiger partial charge in [0.25, 0.3) is 5.91 Å². The van der Waals surface area contributed by atoms with Gasteiger partial charge in [0, 0.05) is 60.8 Å². The lowest BCUT2D eigenvalue weighted by molar-refractivity contribution is -0.144. The number of rotatable bonds is 10. The van der Waals surface area contributed by atoms with Gasteiger partial charge in [0.05, 0.1) is 26.0 Å². The Balaban J connectivity index is 1.03. The zero-order chi connectivity index (χ0) is 34.2. The first-order chi connectivity index (χ1) is 24.4. The summed E-state index contributed by atoms with van der Waals surface area (Å²) in [6, 6.07) is 7.96. The standard InChI is InChI=1S/C39H49N5O6/c1-25-34(47-2)13-12-32(41-25)27-8-6-26(7-9-27)19-44(35-18-29(14-17-40-35)33-24-49-36(42-33)28-10-11-28)37(45)39(15-4-3-5-16-39)50-38(46)43-20-30(21-43)31-22-48-23-31/h12-14,17-18,24,26-28,30-31H,3-11,15-16,19-23H2,1-2H3. The van der Waals surface area contributed by atoms with Gasteiger partial charge in [0.1, 0.15) is 23.5 Å². The molecule has 3 aromatic heterocycles. The van der Waals surface area contributed by atoms with Crippen LogP contribution in [0.25, 0.3) is 11.3 Å². The monoisotopic (exact) mass is 683 g/mol. The Labute approximate surface area is 294 Å². The molecule has 2 amide bonds. The highest BCUT2D eigenvalue weighted by molar-refractivity contribution is 6.00. The molecule has 50 heavy (non-hydrogen) atoms. The van der Waals surface area contributed by atoms with E-state index in [1.807, 2.05) is 30.0 Å². The molecule has 5 fully saturated rings. The van der Waals surface area contributed by atoms with Crippen molar-refractivity contribution in [1.82, 2.24) is 19.9 Å². The molecular formula is C39H49N5O6. The Hall–Kier alpha value is -3.99. The van der Waals surface area contributed by atoms with E-state index in [1.165, 1.54) is 0 Å². The molecule has 2 saturated heterocycles. The normalized spacial score (nSPS) is 23.8. The summed E-state index contributed by atoms with van der Waals surface area (Å²) in [7, 11) is 1.67. The number of ether oxygens (including phenoxy) is 3. The van der Waals surface area contributed by atoms with Crippen LogP contribution in [0.3, 0.4) is 0 Å². The third-order valence-electron chi connectivity index (χ3n) is 11.8. The number of methoxy groups -OCH3 is 1. The molecule has 5 heterocycles. The smallest absolute Gasteiger partial charge is 0.410 e. The number of hydrogen-bond donors (Lipinski definition) is 0. The van der Waals surface area contributed by atoms with Crippen LogP contribution in [0.4, 0.5) is 10.6 Å². The molecule has 266 valence electrons. The predicted molar refractivity (Wildman–Crippen MR) is 186 cm³/mol. The maximum absolute atomic E-state index is 15.0. The first-order valence-corrected chi connectivity index (χ1v) is 18.7. The van der Waals surface area contributed by atoms with Crippen molar-refractivity contribution < 1.29 is 28.2 Å². The molecule has 0 bridgehead atoms. The lowest BCUT2D eigenvalue weighted by Gasteiger charge is -2.47. The molecule has 3 saturated carbocycles. The molecule has 3 aliphatic carbocycles. The second kappa shape index (κ2) is 14.0. The maximum Gasteiger partial charge on any atom is 0.410 e. The third kappa shape index (κ3) is 6.73. The van der Waals surface area contributed by atoms with Gasteiger partial charge < -0.3 is 23.5 Å². The first kappa shape index (κ1) is 33.2. The molecular weight excluding hydrogens is 634 g/mol. The summed E-state index contributed by atoms with van der Waals surface area (Å²) in [4.78, 5) is 46.6. The minimum atomic E-state index is -1.22. The summed E-state index contributed by atoms with van der Waals surface area (Å²) >= 11 is 0. The number of pyridine rings is 2. The highest BCUT2D eigenvalue weighted by Gasteiger charge is 2.49. The number of carbonyl (C=O) groups excluding carboxylic acids is 2. The first-order valence-electron chi connectivity index (χ1n) is 18.7. The largest absolute Gasteiger partial charge is 0.495 e. The Bertz CT molecular complexity index is 1680. The van der Waals surface area contributed by atoms with Crippen LogP contribution in [0.15, 0.2) is 41.1 Å². The summed E-state index contributed by atoms with van der Waals surface area (Å²) in [6.07, 6.45) is 12.9. The molecule has 11 heteroatoms. The van der Waals surface area contributed by atoms with E-state index in [9.17, 15) is 4.79 Å². The second-order valence-corrected chi connectivity index (χ2v) is 15.3. The molecule has 3 aromatic rings. The van der Waals surface area contributed by atoms with Gasteiger partial charge in [0.2, 0.25) is 0 Å². The van der Waals surface area contributed by atoms with Gasteiger partial charge in [-0.3, -0.25) is 14.7 Å². The Morgan fingerprint density at radius 3 is 2.40 bits per heavy atom. The molecule has 0 aromatic carbocycles. The number of anilines is 1. The fourth-order valence-corrected chi connectivity index (χ4v) is 8.30. The van der Waals surface area contributed by atoms with Crippen molar-refractivity contribution >= 4 is 17.8 Å². The highest BCUT2D eigenvalue weighted by Crippen LogP contribution is 2.42. The van der Waals surface area contributed by atoms with E-state index in [0.29, 0.717) is 62.0 Å². The van der Waals surface area contributed by atoms with Gasteiger partial charge in [-0.15, -0.1) is 0 Å². The van der Waals surface area contributed by atoms with Crippen LogP contribution in [0.2, 0.25) is 0 Å². The second-order valence-electron chi connectivity index (χ2n) is 15.3. The summed E-state index contributed by atoms with van der Waals surface area (Å²) in [5.41, 5.74) is 2.40. The van der Waals surface area contributed by atoms with E-state index in [2.05, 4.69) is 6.07 Å². The Kier molecular flexibility index (Phi) is 9.26. The predicted octanol–water partition coefficient (Wildman–Crippen LogP) is 7.05. The number of aromatic nitrogens is 3. The average molecular weight is 684 g/mol. The van der Waals surface area contributed by atoms with Gasteiger partial charge in [0.15, 0.2) is 11.5 Å². The fourth-order valence-electron chi connectivity index (χ4n) is 8.30. The SMILES string of the molecule is COc1ccc(C2CCC(CN(C(=O)C3(OC(=O)N4CC(C5COC5)C4)CCCCC3)c3cc(-c4coc(C5CC5)n4)ccn3)CC2)nc1C. The zero-order valence-corrected chi connectivity index (χ0v) is 29.4. The van der Waals surface area contributed by atoms with Crippen molar-refractivity contribution in [2.75, 3.05) is 44.9 Å². The number of amides is 2. The molecule has 0 atom stereocenters. The van der Waals surface area contributed by atoms with Crippen molar-refractivity contribution in [3.05, 3.63) is 54.0 Å². The van der Waals surface area contributed by atoms with Crippen LogP contribution < -0.4 is 9.64 Å². The quantitative estimate of drug-likeness (QED) is 0.221. The van der Waals surface area contributed by atoms with Gasteiger partial charge >= 0.3 is 6.09 Å². The minimum Gasteiger partial charge on any atom is -0.495 e. The number of likely N-dealkylation sites (tertiary alicyclic amines) is 1. The van der Waals surface area contributed by atoms with Crippen molar-refractivity contribution in [1.29, 1.82) is 0 Å². The van der Waals surface area contributed by atoms with Crippen LogP contribution >= 0.6 is 0 Å². The van der Waals surface area contributed by atoms with E-state index in [4.69, 9.17) is 33.6 Å². The average Bonchev–Trinajstić information content (AvgIpc) is 3.83. The number of nitrogens with zero attached hydrogens (tertiary/aromatic N) is 5. The topological polar surface area (TPSA) is 120 Å². The van der Waals surface area contributed by atoms with Crippen molar-refractivity contribution in [3.63, 3.8) is 0 Å². The van der Waals surface area contributed by atoms with E-state index < -0.39 is 5.60 Å². The van der Waals surface area contributed by atoms with E-state index >= 15 is 4.79 Å². The molecule has 0 unspecified atom stereocenters. The molecule has 2 aliphatic heterocycles. The van der Waals surface area contributed by atoms with Gasteiger partial charge in [-0.05, 0) is 101 Å². The Morgan fingerprint density at radius 1 is 0.960 bits per heavy atom. The molecule has 11 nitrogen and oxygen atoms in total. The summed E-state index contributed by atoms with van der Waals surface area (Å²) in [5.74, 6) is 3.99. The van der Waals surface area contributed by atoms with E-state index in [0.717, 1.165) is 105 Å². The van der Waals surface area contributed by atoms with Crippen molar-refractivity contribution in [2.24, 2.45) is 17.8 Å². The van der Waals surface area contributed by atoms with Gasteiger partial charge in [-0.2, -0.15) is 0 Å². The molecule has 8 rings (SSSR count). The lowest BCUT2D eigenvalue weighted by atomic mass is 9.79. The van der Waals surface area contributed by atoms with Crippen LogP contribution in [0.5, 0.6) is 5.75 Å². The summed E-state index contributed by atoms with van der Waals surface area (Å²) in [6.45, 7) is 5.36. The molecule has 0 radical (unpaired) electrons. The highest BCUT2D eigenvalue weighted by atomic mass is 16.6.